The molecule has 6 heteroatoms. The van der Waals surface area contributed by atoms with Gasteiger partial charge in [-0.3, -0.25) is 4.79 Å². The number of rotatable bonds is 6. The molecule has 1 aliphatic heterocycles. The van der Waals surface area contributed by atoms with Gasteiger partial charge in [-0.05, 0) is 37.0 Å². The summed E-state index contributed by atoms with van der Waals surface area (Å²) < 4.78 is 2.24. The Kier molecular flexibility index (Phi) is 6.20. The van der Waals surface area contributed by atoms with E-state index in [4.69, 9.17) is 11.6 Å². The molecule has 0 saturated carbocycles. The summed E-state index contributed by atoms with van der Waals surface area (Å²) in [5, 5.41) is 9.80. The van der Waals surface area contributed by atoms with Crippen LogP contribution in [0.2, 0.25) is 5.02 Å². The van der Waals surface area contributed by atoms with Crippen molar-refractivity contribution in [2.45, 2.75) is 51.5 Å². The summed E-state index contributed by atoms with van der Waals surface area (Å²) in [6.45, 7) is 4.68. The van der Waals surface area contributed by atoms with Gasteiger partial charge in [-0.15, -0.1) is 0 Å². The van der Waals surface area contributed by atoms with Gasteiger partial charge in [0.1, 0.15) is 11.6 Å². The first kappa shape index (κ1) is 18.8. The normalized spacial score (nSPS) is 17.5. The van der Waals surface area contributed by atoms with Crippen LogP contribution in [0.5, 0.6) is 5.75 Å². The van der Waals surface area contributed by atoms with Crippen molar-refractivity contribution in [2.24, 2.45) is 0 Å². The molecule has 1 N–H and O–H groups in total. The Morgan fingerprint density at radius 2 is 2.27 bits per heavy atom. The molecule has 5 nitrogen and oxygen atoms in total. The van der Waals surface area contributed by atoms with Gasteiger partial charge in [0.25, 0.3) is 0 Å². The molecule has 2 heterocycles. The van der Waals surface area contributed by atoms with Gasteiger partial charge in [0.05, 0.1) is 11.4 Å². The number of imidazole rings is 1. The molecule has 1 unspecified atom stereocenters. The highest BCUT2D eigenvalue weighted by atomic mass is 35.5. The Hall–Kier alpha value is -2.01. The third-order valence-corrected chi connectivity index (χ3v) is 5.31. The van der Waals surface area contributed by atoms with E-state index in [1.807, 2.05) is 17.3 Å². The maximum atomic E-state index is 12.7. The molecule has 0 spiro atoms. The number of halogens is 1. The molecule has 1 aromatic carbocycles. The van der Waals surface area contributed by atoms with Crippen molar-refractivity contribution in [1.29, 1.82) is 0 Å². The fourth-order valence-electron chi connectivity index (χ4n) is 3.56. The summed E-state index contributed by atoms with van der Waals surface area (Å²) in [5.41, 5.74) is 0.823. The fourth-order valence-corrected chi connectivity index (χ4v) is 3.76. The number of aryl methyl sites for hydroxylation is 1. The molecule has 0 radical (unpaired) electrons. The van der Waals surface area contributed by atoms with Crippen LogP contribution in [0.1, 0.15) is 49.9 Å². The van der Waals surface area contributed by atoms with Gasteiger partial charge in [0.15, 0.2) is 0 Å². The monoisotopic (exact) mass is 375 g/mol. The number of carbonyl (C=O) groups excluding carboxylic acids is 1. The van der Waals surface area contributed by atoms with Crippen LogP contribution in [0.4, 0.5) is 0 Å². The number of phenols is 1. The van der Waals surface area contributed by atoms with Gasteiger partial charge in [0.2, 0.25) is 5.91 Å². The average molecular weight is 376 g/mol. The summed E-state index contributed by atoms with van der Waals surface area (Å²) in [4.78, 5) is 19.2. The zero-order valence-electron chi connectivity index (χ0n) is 15.2. The highest BCUT2D eigenvalue weighted by Gasteiger charge is 2.27. The molecule has 1 amide bonds. The van der Waals surface area contributed by atoms with Crippen molar-refractivity contribution in [3.8, 4) is 5.75 Å². The number of nitrogens with zero attached hydrogens (tertiary/aromatic N) is 3. The molecule has 140 valence electrons. The lowest BCUT2D eigenvalue weighted by atomic mass is 9.96. The second-order valence-corrected chi connectivity index (χ2v) is 7.38. The lowest BCUT2D eigenvalue weighted by Crippen LogP contribution is -2.40. The Labute approximate surface area is 159 Å². The number of carbonyl (C=O) groups is 1. The summed E-state index contributed by atoms with van der Waals surface area (Å²) >= 11 is 5.95. The van der Waals surface area contributed by atoms with E-state index < -0.39 is 0 Å². The largest absolute Gasteiger partial charge is 0.506 e. The van der Waals surface area contributed by atoms with Crippen LogP contribution in [0.15, 0.2) is 30.6 Å². The van der Waals surface area contributed by atoms with Gasteiger partial charge < -0.3 is 14.6 Å². The zero-order valence-corrected chi connectivity index (χ0v) is 16.0. The maximum absolute atomic E-state index is 12.7. The third kappa shape index (κ3) is 4.39. The molecule has 0 bridgehead atoms. The van der Waals surface area contributed by atoms with Gasteiger partial charge in [0, 0.05) is 37.9 Å². The molecule has 1 fully saturated rings. The molecular weight excluding hydrogens is 350 g/mol. The predicted molar refractivity (Wildman–Crippen MR) is 103 cm³/mol. The standard InChI is InChI=1S/C20H26ClN3O2/c1-2-3-9-23-11-8-22-20(23)16-5-4-10-24(14-16)19(26)13-15-6-7-18(25)17(21)12-15/h6-8,11-12,16,25H,2-5,9-10,13-14H2,1H3. The highest BCUT2D eigenvalue weighted by Crippen LogP contribution is 2.28. The Morgan fingerprint density at radius 1 is 1.42 bits per heavy atom. The number of likely N-dealkylation sites (tertiary alicyclic amines) is 1. The highest BCUT2D eigenvalue weighted by molar-refractivity contribution is 6.32. The number of benzene rings is 1. The summed E-state index contributed by atoms with van der Waals surface area (Å²) in [6.07, 6.45) is 8.57. The zero-order chi connectivity index (χ0) is 18.5. The first-order valence-electron chi connectivity index (χ1n) is 9.34. The van der Waals surface area contributed by atoms with Gasteiger partial charge in [-0.1, -0.05) is 31.0 Å². The Morgan fingerprint density at radius 3 is 3.04 bits per heavy atom. The number of hydrogen-bond acceptors (Lipinski definition) is 3. The SMILES string of the molecule is CCCCn1ccnc1C1CCCN(C(=O)Cc2ccc(O)c(Cl)c2)C1. The minimum absolute atomic E-state index is 0.0415. The number of amides is 1. The summed E-state index contributed by atoms with van der Waals surface area (Å²) in [6, 6.07) is 4.94. The van der Waals surface area contributed by atoms with E-state index in [0.717, 1.165) is 50.2 Å². The van der Waals surface area contributed by atoms with Crippen molar-refractivity contribution in [1.82, 2.24) is 14.5 Å². The van der Waals surface area contributed by atoms with Crippen molar-refractivity contribution in [3.05, 3.63) is 47.0 Å². The van der Waals surface area contributed by atoms with Crippen LogP contribution in [-0.2, 0) is 17.8 Å². The first-order chi connectivity index (χ1) is 12.6. The topological polar surface area (TPSA) is 58.4 Å². The van der Waals surface area contributed by atoms with Crippen LogP contribution in [-0.4, -0.2) is 38.6 Å². The van der Waals surface area contributed by atoms with Gasteiger partial charge in [-0.2, -0.15) is 0 Å². The van der Waals surface area contributed by atoms with E-state index in [9.17, 15) is 9.90 Å². The first-order valence-corrected chi connectivity index (χ1v) is 9.72. The van der Waals surface area contributed by atoms with E-state index >= 15 is 0 Å². The number of aromatic hydroxyl groups is 1. The molecule has 3 rings (SSSR count). The van der Waals surface area contributed by atoms with Crippen LogP contribution in [0.3, 0.4) is 0 Å². The summed E-state index contributed by atoms with van der Waals surface area (Å²) in [5.74, 6) is 1.54. The van der Waals surface area contributed by atoms with Crippen LogP contribution >= 0.6 is 11.6 Å². The number of aromatic nitrogens is 2. The number of piperidine rings is 1. The number of phenolic OH excluding ortho intramolecular Hbond substituents is 1. The lowest BCUT2D eigenvalue weighted by molar-refractivity contribution is -0.131. The second kappa shape index (κ2) is 8.58. The van der Waals surface area contributed by atoms with Gasteiger partial charge >= 0.3 is 0 Å². The minimum Gasteiger partial charge on any atom is -0.506 e. The Bertz CT molecular complexity index is 759. The molecule has 1 saturated heterocycles. The van der Waals surface area contributed by atoms with Gasteiger partial charge in [-0.25, -0.2) is 4.98 Å². The van der Waals surface area contributed by atoms with Crippen LogP contribution < -0.4 is 0 Å². The van der Waals surface area contributed by atoms with E-state index in [-0.39, 0.29) is 16.7 Å². The molecule has 0 aliphatic carbocycles. The predicted octanol–water partition coefficient (Wildman–Crippen LogP) is 3.99. The molecule has 1 aliphatic rings. The average Bonchev–Trinajstić information content (AvgIpc) is 3.11. The van der Waals surface area contributed by atoms with E-state index in [1.165, 1.54) is 6.07 Å². The van der Waals surface area contributed by atoms with Crippen molar-refractivity contribution in [2.75, 3.05) is 13.1 Å². The number of hydrogen-bond donors (Lipinski definition) is 1. The third-order valence-electron chi connectivity index (χ3n) is 5.01. The summed E-state index contributed by atoms with van der Waals surface area (Å²) in [7, 11) is 0. The van der Waals surface area contributed by atoms with E-state index in [1.54, 1.807) is 12.1 Å². The smallest absolute Gasteiger partial charge is 0.227 e. The van der Waals surface area contributed by atoms with Crippen molar-refractivity contribution in [3.63, 3.8) is 0 Å². The number of unbranched alkanes of at least 4 members (excludes halogenated alkanes) is 1. The lowest BCUT2D eigenvalue weighted by Gasteiger charge is -2.33. The Balaban J connectivity index is 1.65. The second-order valence-electron chi connectivity index (χ2n) is 6.97. The molecule has 2 aromatic rings. The quantitative estimate of drug-likeness (QED) is 0.830. The van der Waals surface area contributed by atoms with Crippen LogP contribution in [0, 0.1) is 0 Å². The van der Waals surface area contributed by atoms with Crippen molar-refractivity contribution >= 4 is 17.5 Å². The fraction of sp³-hybridized carbons (Fsp3) is 0.500. The van der Waals surface area contributed by atoms with Crippen LogP contribution in [0.25, 0.3) is 0 Å². The van der Waals surface area contributed by atoms with E-state index in [2.05, 4.69) is 16.5 Å². The molecule has 1 aromatic heterocycles. The maximum Gasteiger partial charge on any atom is 0.227 e. The molecular formula is C20H26ClN3O2. The molecule has 1 atom stereocenters. The van der Waals surface area contributed by atoms with Crippen molar-refractivity contribution < 1.29 is 9.90 Å². The minimum atomic E-state index is 0.0415. The molecule has 26 heavy (non-hydrogen) atoms. The van der Waals surface area contributed by atoms with E-state index in [0.29, 0.717) is 18.9 Å².